The predicted octanol–water partition coefficient (Wildman–Crippen LogP) is 4.46. The van der Waals surface area contributed by atoms with Crippen LogP contribution in [0.4, 0.5) is 17.1 Å². The normalized spacial score (nSPS) is 10.9. The Labute approximate surface area is 212 Å². The Balaban J connectivity index is 1.93. The molecule has 0 unspecified atom stereocenters. The number of nitro benzene ring substituents is 1. The van der Waals surface area contributed by atoms with Crippen LogP contribution in [0, 0.1) is 10.1 Å². The van der Waals surface area contributed by atoms with Gasteiger partial charge >= 0.3 is 0 Å². The number of carbonyl (C=O) groups excluding carboxylic acids is 1. The molecular formula is C23H22ClN3O8S. The predicted molar refractivity (Wildman–Crippen MR) is 135 cm³/mol. The molecule has 0 aromatic heterocycles. The molecule has 1 N–H and O–H groups in total. The first kappa shape index (κ1) is 26.6. The third kappa shape index (κ3) is 6.34. The number of benzene rings is 3. The maximum absolute atomic E-state index is 13.0. The van der Waals surface area contributed by atoms with Crippen molar-refractivity contribution in [3.63, 3.8) is 0 Å². The molecule has 11 nitrogen and oxygen atoms in total. The summed E-state index contributed by atoms with van der Waals surface area (Å²) in [6.07, 6.45) is 0.869. The van der Waals surface area contributed by atoms with Gasteiger partial charge in [-0.2, -0.15) is 0 Å². The minimum atomic E-state index is -4.06. The highest BCUT2D eigenvalue weighted by Gasteiger charge is 2.26. The highest BCUT2D eigenvalue weighted by molar-refractivity contribution is 7.92. The van der Waals surface area contributed by atoms with Crippen LogP contribution < -0.4 is 23.8 Å². The van der Waals surface area contributed by atoms with Crippen molar-refractivity contribution < 1.29 is 32.3 Å². The summed E-state index contributed by atoms with van der Waals surface area (Å²) in [5.41, 5.74) is -0.374. The Morgan fingerprint density at radius 3 is 2.25 bits per heavy atom. The number of nitro groups is 1. The van der Waals surface area contributed by atoms with Crippen molar-refractivity contribution in [3.05, 3.63) is 75.8 Å². The molecule has 190 valence electrons. The molecule has 0 aliphatic heterocycles. The number of nitrogens with one attached hydrogen (secondary N) is 1. The number of carbonyl (C=O) groups is 1. The van der Waals surface area contributed by atoms with E-state index in [4.69, 9.17) is 25.8 Å². The Hall–Kier alpha value is -4.03. The van der Waals surface area contributed by atoms with E-state index in [2.05, 4.69) is 5.32 Å². The van der Waals surface area contributed by atoms with E-state index in [0.29, 0.717) is 15.8 Å². The van der Waals surface area contributed by atoms with Crippen molar-refractivity contribution >= 4 is 44.6 Å². The Morgan fingerprint density at radius 2 is 1.64 bits per heavy atom. The molecule has 0 heterocycles. The van der Waals surface area contributed by atoms with Gasteiger partial charge in [-0.3, -0.25) is 19.2 Å². The van der Waals surface area contributed by atoms with Crippen molar-refractivity contribution in [1.82, 2.24) is 0 Å². The maximum Gasteiger partial charge on any atom is 0.271 e. The summed E-state index contributed by atoms with van der Waals surface area (Å²) in [5, 5.41) is 14.1. The number of rotatable bonds is 10. The second-order valence-corrected chi connectivity index (χ2v) is 9.67. The lowest BCUT2D eigenvalue weighted by molar-refractivity contribution is -0.384. The van der Waals surface area contributed by atoms with Gasteiger partial charge < -0.3 is 19.5 Å². The maximum atomic E-state index is 13.0. The van der Waals surface area contributed by atoms with Gasteiger partial charge in [-0.1, -0.05) is 23.7 Å². The molecule has 0 aliphatic rings. The first-order valence-corrected chi connectivity index (χ1v) is 12.5. The third-order valence-corrected chi connectivity index (χ3v) is 6.20. The number of amides is 1. The second-order valence-electron chi connectivity index (χ2n) is 7.32. The standard InChI is InChI=1S/C23H22ClN3O8S/c1-33-20-11-9-16(27(29)30)13-18(20)26(36(3,31)32)14-23(28)25-17-12-15(24)8-10-19(17)35-22-7-5-4-6-21(22)34-2/h4-13H,14H2,1-3H3,(H,25,28). The zero-order valence-electron chi connectivity index (χ0n) is 19.4. The van der Waals surface area contributed by atoms with Gasteiger partial charge in [0.2, 0.25) is 15.9 Å². The van der Waals surface area contributed by atoms with Gasteiger partial charge in [0.25, 0.3) is 5.69 Å². The number of anilines is 2. The Morgan fingerprint density at radius 1 is 1.00 bits per heavy atom. The van der Waals surface area contributed by atoms with Gasteiger partial charge in [0.1, 0.15) is 18.0 Å². The van der Waals surface area contributed by atoms with Gasteiger partial charge in [-0.15, -0.1) is 0 Å². The summed E-state index contributed by atoms with van der Waals surface area (Å²) in [7, 11) is -1.30. The molecule has 0 radical (unpaired) electrons. The van der Waals surface area contributed by atoms with Gasteiger partial charge in [0.15, 0.2) is 17.2 Å². The summed E-state index contributed by atoms with van der Waals surface area (Å²) in [4.78, 5) is 23.5. The van der Waals surface area contributed by atoms with Crippen LogP contribution in [-0.4, -0.2) is 46.3 Å². The number of ether oxygens (including phenoxy) is 3. The minimum Gasteiger partial charge on any atom is -0.495 e. The van der Waals surface area contributed by atoms with Crippen molar-refractivity contribution in [2.24, 2.45) is 0 Å². The van der Waals surface area contributed by atoms with E-state index in [1.54, 1.807) is 30.3 Å². The van der Waals surface area contributed by atoms with Gasteiger partial charge in [0, 0.05) is 17.2 Å². The fourth-order valence-corrected chi connectivity index (χ4v) is 4.22. The van der Waals surface area contributed by atoms with E-state index in [0.717, 1.165) is 18.4 Å². The monoisotopic (exact) mass is 535 g/mol. The number of methoxy groups -OCH3 is 2. The molecule has 0 bridgehead atoms. The van der Waals surface area contributed by atoms with E-state index < -0.39 is 27.4 Å². The quantitative estimate of drug-likeness (QED) is 0.296. The van der Waals surface area contributed by atoms with Gasteiger partial charge in [-0.25, -0.2) is 8.42 Å². The number of hydrogen-bond donors (Lipinski definition) is 1. The molecule has 0 atom stereocenters. The van der Waals surface area contributed by atoms with Crippen LogP contribution in [-0.2, 0) is 14.8 Å². The Bertz CT molecular complexity index is 1400. The number of para-hydroxylation sites is 2. The topological polar surface area (TPSA) is 137 Å². The molecule has 0 fully saturated rings. The first-order chi connectivity index (χ1) is 17.0. The van der Waals surface area contributed by atoms with Crippen molar-refractivity contribution in [3.8, 4) is 23.0 Å². The lowest BCUT2D eigenvalue weighted by atomic mass is 10.2. The molecule has 3 aromatic carbocycles. The fourth-order valence-electron chi connectivity index (χ4n) is 3.20. The van der Waals surface area contributed by atoms with Crippen LogP contribution in [0.3, 0.4) is 0 Å². The van der Waals surface area contributed by atoms with E-state index >= 15 is 0 Å². The molecule has 3 aromatic rings. The molecule has 0 aliphatic carbocycles. The van der Waals surface area contributed by atoms with E-state index in [1.807, 2.05) is 0 Å². The third-order valence-electron chi connectivity index (χ3n) is 4.83. The summed E-state index contributed by atoms with van der Waals surface area (Å²) in [6.45, 7) is -0.711. The molecule has 13 heteroatoms. The Kier molecular flexibility index (Phi) is 8.22. The van der Waals surface area contributed by atoms with E-state index in [1.165, 1.54) is 32.4 Å². The summed E-state index contributed by atoms with van der Waals surface area (Å²) < 4.78 is 42.2. The largest absolute Gasteiger partial charge is 0.495 e. The highest BCUT2D eigenvalue weighted by atomic mass is 35.5. The average Bonchev–Trinajstić information content (AvgIpc) is 2.83. The highest BCUT2D eigenvalue weighted by Crippen LogP contribution is 2.37. The lowest BCUT2D eigenvalue weighted by Crippen LogP contribution is -2.37. The number of sulfonamides is 1. The summed E-state index contributed by atoms with van der Waals surface area (Å²) in [5.74, 6) is 0.307. The van der Waals surface area contributed by atoms with Gasteiger partial charge in [-0.05, 0) is 36.4 Å². The van der Waals surface area contributed by atoms with Crippen molar-refractivity contribution in [2.45, 2.75) is 0 Å². The number of nitrogens with zero attached hydrogens (tertiary/aromatic N) is 2. The lowest BCUT2D eigenvalue weighted by Gasteiger charge is -2.24. The SMILES string of the molecule is COc1ccccc1Oc1ccc(Cl)cc1NC(=O)CN(c1cc([N+](=O)[O-])ccc1OC)S(C)(=O)=O. The average molecular weight is 536 g/mol. The smallest absolute Gasteiger partial charge is 0.271 e. The number of non-ortho nitro benzene ring substituents is 1. The first-order valence-electron chi connectivity index (χ1n) is 10.2. The van der Waals surface area contributed by atoms with Crippen molar-refractivity contribution in [2.75, 3.05) is 36.6 Å². The number of halogens is 1. The molecule has 36 heavy (non-hydrogen) atoms. The van der Waals surface area contributed by atoms with Gasteiger partial charge in [0.05, 0.1) is 31.1 Å². The fraction of sp³-hybridized carbons (Fsp3) is 0.174. The molecule has 0 saturated heterocycles. The van der Waals surface area contributed by atoms with Crippen LogP contribution in [0.5, 0.6) is 23.0 Å². The van der Waals surface area contributed by atoms with Crippen LogP contribution in [0.1, 0.15) is 0 Å². The zero-order valence-corrected chi connectivity index (χ0v) is 21.0. The van der Waals surface area contributed by atoms with Crippen LogP contribution in [0.15, 0.2) is 60.7 Å². The van der Waals surface area contributed by atoms with Crippen LogP contribution in [0.2, 0.25) is 5.02 Å². The van der Waals surface area contributed by atoms with E-state index in [-0.39, 0.29) is 33.6 Å². The van der Waals surface area contributed by atoms with E-state index in [9.17, 15) is 23.3 Å². The number of hydrogen-bond acceptors (Lipinski definition) is 8. The molecule has 1 amide bonds. The second kappa shape index (κ2) is 11.1. The minimum absolute atomic E-state index is 0.0294. The zero-order chi connectivity index (χ0) is 26.5. The van der Waals surface area contributed by atoms with Crippen LogP contribution >= 0.6 is 11.6 Å². The molecular weight excluding hydrogens is 514 g/mol. The molecule has 3 rings (SSSR count). The summed E-state index contributed by atoms with van der Waals surface area (Å²) >= 11 is 6.10. The van der Waals surface area contributed by atoms with Crippen LogP contribution in [0.25, 0.3) is 0 Å². The molecule has 0 saturated carbocycles. The molecule has 0 spiro atoms. The van der Waals surface area contributed by atoms with Crippen molar-refractivity contribution in [1.29, 1.82) is 0 Å². The summed E-state index contributed by atoms with van der Waals surface area (Å²) in [6, 6.07) is 14.8.